The van der Waals surface area contributed by atoms with Crippen molar-refractivity contribution < 1.29 is 4.79 Å². The number of fused-ring (bicyclic) bond motifs is 1. The average Bonchev–Trinajstić information content (AvgIpc) is 2.75. The highest BCUT2D eigenvalue weighted by Gasteiger charge is 2.26. The van der Waals surface area contributed by atoms with Crippen molar-refractivity contribution in [2.45, 2.75) is 20.8 Å². The molecule has 4 heteroatoms. The molecule has 0 bridgehead atoms. The maximum Gasteiger partial charge on any atom is 0.275 e. The van der Waals surface area contributed by atoms with Crippen LogP contribution in [-0.2, 0) is 4.79 Å². The number of para-hydroxylation sites is 1. The highest BCUT2D eigenvalue weighted by molar-refractivity contribution is 9.10. The van der Waals surface area contributed by atoms with Crippen molar-refractivity contribution in [1.82, 2.24) is 0 Å². The van der Waals surface area contributed by atoms with Crippen molar-refractivity contribution >= 4 is 38.9 Å². The second kappa shape index (κ2) is 5.11. The van der Waals surface area contributed by atoms with E-state index in [9.17, 15) is 4.79 Å². The topological polar surface area (TPSA) is 41.5 Å². The highest BCUT2D eigenvalue weighted by Crippen LogP contribution is 2.31. The van der Waals surface area contributed by atoms with Gasteiger partial charge in [-0.05, 0) is 49.6 Å². The number of rotatable bonds is 1. The molecule has 0 saturated carbocycles. The second-order valence-electron chi connectivity index (χ2n) is 5.31. The van der Waals surface area contributed by atoms with E-state index in [4.69, 9.17) is 0 Å². The minimum Gasteiger partial charge on any atom is -0.320 e. The maximum absolute atomic E-state index is 12.2. The molecule has 0 atom stereocenters. The van der Waals surface area contributed by atoms with E-state index in [1.54, 1.807) is 0 Å². The molecule has 0 aliphatic carbocycles. The Morgan fingerprint density at radius 3 is 2.38 bits per heavy atom. The summed E-state index contributed by atoms with van der Waals surface area (Å²) in [5.41, 5.74) is 6.29. The van der Waals surface area contributed by atoms with Crippen LogP contribution in [0.4, 0.5) is 11.4 Å². The van der Waals surface area contributed by atoms with Gasteiger partial charge >= 0.3 is 0 Å². The van der Waals surface area contributed by atoms with Gasteiger partial charge in [0.05, 0.1) is 11.4 Å². The number of hydrogen-bond acceptors (Lipinski definition) is 2. The van der Waals surface area contributed by atoms with Gasteiger partial charge in [0.15, 0.2) is 0 Å². The molecule has 1 aliphatic heterocycles. The zero-order valence-electron chi connectivity index (χ0n) is 12.1. The Hall–Kier alpha value is -1.94. The number of nitrogens with zero attached hydrogens (tertiary/aromatic N) is 1. The first-order valence-corrected chi connectivity index (χ1v) is 7.53. The van der Waals surface area contributed by atoms with Gasteiger partial charge in [0.2, 0.25) is 0 Å². The van der Waals surface area contributed by atoms with Crippen LogP contribution >= 0.6 is 15.9 Å². The summed E-state index contributed by atoms with van der Waals surface area (Å²) < 4.78 is 1.08. The molecule has 106 valence electrons. The van der Waals surface area contributed by atoms with Gasteiger partial charge in [0.1, 0.15) is 5.71 Å². The normalized spacial score (nSPS) is 15.2. The largest absolute Gasteiger partial charge is 0.320 e. The number of carbonyl (C=O) groups is 1. The fourth-order valence-electron chi connectivity index (χ4n) is 2.55. The predicted octanol–water partition coefficient (Wildman–Crippen LogP) is 4.45. The summed E-state index contributed by atoms with van der Waals surface area (Å²) in [5.74, 6) is -0.141. The van der Waals surface area contributed by atoms with E-state index in [1.165, 1.54) is 0 Å². The number of benzene rings is 2. The van der Waals surface area contributed by atoms with E-state index < -0.39 is 0 Å². The SMILES string of the molecule is Cc1cc(N=C2C(=O)Nc3c(C)cccc32)cc(C)c1Br. The van der Waals surface area contributed by atoms with Crippen molar-refractivity contribution in [3.63, 3.8) is 0 Å². The number of nitrogens with one attached hydrogen (secondary N) is 1. The Morgan fingerprint density at radius 2 is 1.71 bits per heavy atom. The first-order chi connectivity index (χ1) is 9.97. The van der Waals surface area contributed by atoms with E-state index in [1.807, 2.05) is 51.1 Å². The summed E-state index contributed by atoms with van der Waals surface area (Å²) in [6.07, 6.45) is 0. The van der Waals surface area contributed by atoms with Gasteiger partial charge in [0.25, 0.3) is 5.91 Å². The van der Waals surface area contributed by atoms with Crippen LogP contribution in [0, 0.1) is 20.8 Å². The second-order valence-corrected chi connectivity index (χ2v) is 6.10. The molecule has 3 rings (SSSR count). The summed E-state index contributed by atoms with van der Waals surface area (Å²) in [4.78, 5) is 16.7. The zero-order valence-corrected chi connectivity index (χ0v) is 13.7. The van der Waals surface area contributed by atoms with Gasteiger partial charge < -0.3 is 5.32 Å². The first-order valence-electron chi connectivity index (χ1n) is 6.74. The van der Waals surface area contributed by atoms with Crippen LogP contribution in [0.3, 0.4) is 0 Å². The monoisotopic (exact) mass is 342 g/mol. The number of halogens is 1. The summed E-state index contributed by atoms with van der Waals surface area (Å²) in [6.45, 7) is 6.02. The average molecular weight is 343 g/mol. The Morgan fingerprint density at radius 1 is 1.05 bits per heavy atom. The summed E-state index contributed by atoms with van der Waals surface area (Å²) >= 11 is 3.55. The fourth-order valence-corrected chi connectivity index (χ4v) is 2.78. The van der Waals surface area contributed by atoms with Crippen LogP contribution in [0.1, 0.15) is 22.3 Å². The molecule has 0 saturated heterocycles. The van der Waals surface area contributed by atoms with E-state index in [0.717, 1.165) is 38.1 Å². The van der Waals surface area contributed by atoms with Gasteiger partial charge in [-0.25, -0.2) is 4.99 Å². The van der Waals surface area contributed by atoms with Crippen molar-refractivity contribution in [3.8, 4) is 0 Å². The Bertz CT molecular complexity index is 770. The molecule has 1 N–H and O–H groups in total. The third-order valence-corrected chi connectivity index (χ3v) is 4.89. The molecule has 0 fully saturated rings. The smallest absolute Gasteiger partial charge is 0.275 e. The lowest BCUT2D eigenvalue weighted by Gasteiger charge is -2.05. The summed E-state index contributed by atoms with van der Waals surface area (Å²) in [6, 6.07) is 9.81. The molecule has 1 aliphatic rings. The molecular formula is C17H15BrN2O. The lowest BCUT2D eigenvalue weighted by Crippen LogP contribution is -2.14. The fraction of sp³-hybridized carbons (Fsp3) is 0.176. The van der Waals surface area contributed by atoms with E-state index in [-0.39, 0.29) is 5.91 Å². The number of amides is 1. The summed E-state index contributed by atoms with van der Waals surface area (Å²) in [5, 5.41) is 2.90. The first kappa shape index (κ1) is 14.0. The number of anilines is 1. The van der Waals surface area contributed by atoms with E-state index in [2.05, 4.69) is 26.2 Å². The third-order valence-electron chi connectivity index (χ3n) is 3.64. The van der Waals surface area contributed by atoms with Crippen molar-refractivity contribution in [1.29, 1.82) is 0 Å². The molecule has 2 aromatic rings. The van der Waals surface area contributed by atoms with Gasteiger partial charge in [-0.1, -0.05) is 34.1 Å². The Labute approximate surface area is 132 Å². The minimum atomic E-state index is -0.141. The molecule has 0 unspecified atom stereocenters. The van der Waals surface area contributed by atoms with Crippen LogP contribution in [0.15, 0.2) is 39.8 Å². The molecule has 21 heavy (non-hydrogen) atoms. The lowest BCUT2D eigenvalue weighted by molar-refractivity contribution is -0.110. The Balaban J connectivity index is 2.14. The zero-order chi connectivity index (χ0) is 15.1. The molecule has 0 radical (unpaired) electrons. The molecule has 2 aromatic carbocycles. The molecule has 1 heterocycles. The maximum atomic E-state index is 12.2. The summed E-state index contributed by atoms with van der Waals surface area (Å²) in [7, 11) is 0. The molecule has 3 nitrogen and oxygen atoms in total. The van der Waals surface area contributed by atoms with Crippen LogP contribution in [0.25, 0.3) is 0 Å². The lowest BCUT2D eigenvalue weighted by atomic mass is 10.1. The van der Waals surface area contributed by atoms with Gasteiger partial charge in [-0.15, -0.1) is 0 Å². The number of aliphatic imine (C=N–C) groups is 1. The van der Waals surface area contributed by atoms with E-state index in [0.29, 0.717) is 5.71 Å². The Kier molecular flexibility index (Phi) is 3.41. The van der Waals surface area contributed by atoms with Crippen molar-refractivity contribution in [3.05, 3.63) is 57.1 Å². The minimum absolute atomic E-state index is 0.141. The van der Waals surface area contributed by atoms with Crippen LogP contribution < -0.4 is 5.32 Å². The van der Waals surface area contributed by atoms with E-state index >= 15 is 0 Å². The predicted molar refractivity (Wildman–Crippen MR) is 89.6 cm³/mol. The third kappa shape index (κ3) is 2.40. The van der Waals surface area contributed by atoms with Gasteiger partial charge in [0, 0.05) is 10.0 Å². The van der Waals surface area contributed by atoms with Crippen molar-refractivity contribution in [2.75, 3.05) is 5.32 Å². The number of aryl methyl sites for hydroxylation is 3. The molecule has 0 spiro atoms. The van der Waals surface area contributed by atoms with Crippen molar-refractivity contribution in [2.24, 2.45) is 4.99 Å². The highest BCUT2D eigenvalue weighted by atomic mass is 79.9. The van der Waals surface area contributed by atoms with Crippen LogP contribution in [-0.4, -0.2) is 11.6 Å². The number of carbonyl (C=O) groups excluding carboxylic acids is 1. The quantitative estimate of drug-likeness (QED) is 0.817. The molecule has 0 aromatic heterocycles. The standard InChI is InChI=1S/C17H15BrN2O/c1-9-5-4-6-13-15(9)20-17(21)16(13)19-12-7-10(2)14(18)11(3)8-12/h4-8H,1-3H3,(H,19,20,21). The van der Waals surface area contributed by atoms with Gasteiger partial charge in [-0.3, -0.25) is 4.79 Å². The molecular weight excluding hydrogens is 328 g/mol. The van der Waals surface area contributed by atoms with Crippen LogP contribution in [0.2, 0.25) is 0 Å². The number of hydrogen-bond donors (Lipinski definition) is 1. The molecule has 1 amide bonds. The van der Waals surface area contributed by atoms with Gasteiger partial charge in [-0.2, -0.15) is 0 Å². The van der Waals surface area contributed by atoms with Crippen LogP contribution in [0.5, 0.6) is 0 Å².